The number of hydrogen-bond donors (Lipinski definition) is 0. The maximum atomic E-state index is 11.8. The molecule has 0 spiro atoms. The first-order chi connectivity index (χ1) is 9.79. The van der Waals surface area contributed by atoms with Crippen LogP contribution in [0.2, 0.25) is 0 Å². The van der Waals surface area contributed by atoms with Crippen LogP contribution >= 0.6 is 0 Å². The molecule has 0 aromatic heterocycles. The van der Waals surface area contributed by atoms with E-state index in [-0.39, 0.29) is 12.1 Å². The van der Waals surface area contributed by atoms with E-state index < -0.39 is 0 Å². The fourth-order valence-electron chi connectivity index (χ4n) is 2.15. The van der Waals surface area contributed by atoms with Gasteiger partial charge in [-0.25, -0.2) is 0 Å². The minimum absolute atomic E-state index is 0.128. The van der Waals surface area contributed by atoms with Gasteiger partial charge >= 0.3 is 5.97 Å². The van der Waals surface area contributed by atoms with E-state index in [1.54, 1.807) is 0 Å². The monoisotopic (exact) mass is 268 g/mol. The number of benzene rings is 2. The predicted octanol–water partition coefficient (Wildman–Crippen LogP) is 4.31. The van der Waals surface area contributed by atoms with Crippen LogP contribution in [-0.2, 0) is 16.0 Å². The Hall–Kier alpha value is -2.09. The highest BCUT2D eigenvalue weighted by molar-refractivity contribution is 5.69. The lowest BCUT2D eigenvalue weighted by Gasteiger charge is -2.18. The lowest BCUT2D eigenvalue weighted by molar-refractivity contribution is -0.149. The highest BCUT2D eigenvalue weighted by Gasteiger charge is 2.16. The van der Waals surface area contributed by atoms with Crippen LogP contribution in [0.1, 0.15) is 37.0 Å². The molecule has 0 saturated heterocycles. The Morgan fingerprint density at radius 2 is 1.60 bits per heavy atom. The fraction of sp³-hybridized carbons (Fsp3) is 0.278. The normalized spacial score (nSPS) is 11.8. The Labute approximate surface area is 120 Å². The molecule has 2 aromatic rings. The largest absolute Gasteiger partial charge is 0.457 e. The second-order valence-corrected chi connectivity index (χ2v) is 4.83. The van der Waals surface area contributed by atoms with Crippen LogP contribution < -0.4 is 0 Å². The van der Waals surface area contributed by atoms with Crippen molar-refractivity contribution in [3.05, 3.63) is 71.8 Å². The Morgan fingerprint density at radius 1 is 1.00 bits per heavy atom. The van der Waals surface area contributed by atoms with E-state index in [4.69, 9.17) is 4.74 Å². The molecule has 0 fully saturated rings. The van der Waals surface area contributed by atoms with E-state index in [2.05, 4.69) is 12.1 Å². The van der Waals surface area contributed by atoms with Crippen molar-refractivity contribution in [1.29, 1.82) is 0 Å². The van der Waals surface area contributed by atoms with Crippen LogP contribution in [-0.4, -0.2) is 5.97 Å². The average Bonchev–Trinajstić information content (AvgIpc) is 2.49. The van der Waals surface area contributed by atoms with E-state index in [9.17, 15) is 4.79 Å². The molecule has 0 saturated carbocycles. The van der Waals surface area contributed by atoms with Gasteiger partial charge in [0.25, 0.3) is 0 Å². The zero-order valence-electron chi connectivity index (χ0n) is 11.8. The summed E-state index contributed by atoms with van der Waals surface area (Å²) in [6.07, 6.45) is 1.78. The molecular weight excluding hydrogens is 248 g/mol. The lowest BCUT2D eigenvalue weighted by Crippen LogP contribution is -2.13. The van der Waals surface area contributed by atoms with Crippen LogP contribution in [0.25, 0.3) is 0 Å². The number of rotatable bonds is 6. The zero-order chi connectivity index (χ0) is 14.2. The summed E-state index contributed by atoms with van der Waals surface area (Å²) in [5, 5.41) is 0. The molecule has 0 amide bonds. The minimum Gasteiger partial charge on any atom is -0.457 e. The topological polar surface area (TPSA) is 26.3 Å². The van der Waals surface area contributed by atoms with E-state index in [0.29, 0.717) is 12.8 Å². The summed E-state index contributed by atoms with van der Waals surface area (Å²) in [5.74, 6) is -0.128. The van der Waals surface area contributed by atoms with Crippen molar-refractivity contribution in [2.24, 2.45) is 0 Å². The van der Waals surface area contributed by atoms with Gasteiger partial charge in [0.05, 0.1) is 0 Å². The summed E-state index contributed by atoms with van der Waals surface area (Å²) < 4.78 is 5.64. The van der Waals surface area contributed by atoms with Crippen LogP contribution in [0.3, 0.4) is 0 Å². The number of carbonyl (C=O) groups excluding carboxylic acids is 1. The third-order valence-corrected chi connectivity index (χ3v) is 3.16. The number of carbonyl (C=O) groups is 1. The van der Waals surface area contributed by atoms with Gasteiger partial charge in [-0.15, -0.1) is 0 Å². The second kappa shape index (κ2) is 7.49. The van der Waals surface area contributed by atoms with Crippen molar-refractivity contribution in [3.63, 3.8) is 0 Å². The number of hydrogen-bond acceptors (Lipinski definition) is 2. The predicted molar refractivity (Wildman–Crippen MR) is 80.3 cm³/mol. The molecule has 104 valence electrons. The molecule has 1 atom stereocenters. The van der Waals surface area contributed by atoms with Crippen molar-refractivity contribution in [1.82, 2.24) is 0 Å². The molecule has 0 heterocycles. The minimum atomic E-state index is -0.211. The van der Waals surface area contributed by atoms with Crippen LogP contribution in [0.15, 0.2) is 60.7 Å². The van der Waals surface area contributed by atoms with Gasteiger partial charge in [0, 0.05) is 12.8 Å². The Balaban J connectivity index is 2.14. The highest BCUT2D eigenvalue weighted by atomic mass is 16.5. The summed E-state index contributed by atoms with van der Waals surface area (Å²) in [6, 6.07) is 20.0. The standard InChI is InChI=1S/C18H20O2/c1-2-9-18(19)20-17(16-12-7-4-8-13-16)14-15-10-5-3-6-11-15/h3-8,10-13,17H,2,9,14H2,1H3/t17-/m0/s1. The number of esters is 1. The van der Waals surface area contributed by atoms with Crippen molar-refractivity contribution in [3.8, 4) is 0 Å². The maximum absolute atomic E-state index is 11.8. The first-order valence-electron chi connectivity index (χ1n) is 7.08. The lowest BCUT2D eigenvalue weighted by atomic mass is 10.0. The summed E-state index contributed by atoms with van der Waals surface area (Å²) in [5.41, 5.74) is 2.21. The molecule has 0 N–H and O–H groups in total. The van der Waals surface area contributed by atoms with Gasteiger partial charge in [-0.2, -0.15) is 0 Å². The van der Waals surface area contributed by atoms with E-state index in [1.807, 2.05) is 55.5 Å². The van der Waals surface area contributed by atoms with Gasteiger partial charge in [-0.05, 0) is 17.5 Å². The van der Waals surface area contributed by atoms with Gasteiger partial charge in [0.1, 0.15) is 6.10 Å². The van der Waals surface area contributed by atoms with Gasteiger partial charge < -0.3 is 4.74 Å². The Kier molecular flexibility index (Phi) is 5.36. The summed E-state index contributed by atoms with van der Waals surface area (Å²) >= 11 is 0. The third kappa shape index (κ3) is 4.23. The average molecular weight is 268 g/mol. The zero-order valence-corrected chi connectivity index (χ0v) is 11.8. The molecule has 0 aliphatic carbocycles. The first-order valence-corrected chi connectivity index (χ1v) is 7.08. The van der Waals surface area contributed by atoms with E-state index >= 15 is 0 Å². The molecule has 0 radical (unpaired) electrons. The second-order valence-electron chi connectivity index (χ2n) is 4.83. The van der Waals surface area contributed by atoms with Crippen LogP contribution in [0, 0.1) is 0 Å². The molecule has 0 unspecified atom stereocenters. The van der Waals surface area contributed by atoms with Crippen molar-refractivity contribution in [2.75, 3.05) is 0 Å². The number of ether oxygens (including phenoxy) is 1. The van der Waals surface area contributed by atoms with Crippen molar-refractivity contribution in [2.45, 2.75) is 32.3 Å². The molecule has 0 aliphatic heterocycles. The van der Waals surface area contributed by atoms with Gasteiger partial charge in [0.2, 0.25) is 0 Å². The summed E-state index contributed by atoms with van der Waals surface area (Å²) in [4.78, 5) is 11.8. The van der Waals surface area contributed by atoms with Gasteiger partial charge in [0.15, 0.2) is 0 Å². The highest BCUT2D eigenvalue weighted by Crippen LogP contribution is 2.23. The van der Waals surface area contributed by atoms with E-state index in [0.717, 1.165) is 12.0 Å². The molecule has 2 rings (SSSR count). The molecule has 2 heteroatoms. The fourth-order valence-corrected chi connectivity index (χ4v) is 2.15. The van der Waals surface area contributed by atoms with Gasteiger partial charge in [-0.3, -0.25) is 4.79 Å². The van der Waals surface area contributed by atoms with E-state index in [1.165, 1.54) is 5.56 Å². The first kappa shape index (κ1) is 14.3. The SMILES string of the molecule is CCCC(=O)O[C@@H](Cc1ccccc1)c1ccccc1. The van der Waals surface area contributed by atoms with Crippen LogP contribution in [0.5, 0.6) is 0 Å². The summed E-state index contributed by atoms with van der Waals surface area (Å²) in [6.45, 7) is 1.98. The molecule has 0 aliphatic rings. The molecule has 20 heavy (non-hydrogen) atoms. The van der Waals surface area contributed by atoms with Crippen molar-refractivity contribution >= 4 is 5.97 Å². The quantitative estimate of drug-likeness (QED) is 0.729. The van der Waals surface area contributed by atoms with Gasteiger partial charge in [-0.1, -0.05) is 67.6 Å². The maximum Gasteiger partial charge on any atom is 0.306 e. The summed E-state index contributed by atoms with van der Waals surface area (Å²) in [7, 11) is 0. The van der Waals surface area contributed by atoms with Crippen molar-refractivity contribution < 1.29 is 9.53 Å². The molecule has 2 aromatic carbocycles. The Morgan fingerprint density at radius 3 is 2.20 bits per heavy atom. The molecule has 2 nitrogen and oxygen atoms in total. The smallest absolute Gasteiger partial charge is 0.306 e. The molecule has 0 bridgehead atoms. The molecular formula is C18H20O2. The third-order valence-electron chi connectivity index (χ3n) is 3.16. The van der Waals surface area contributed by atoms with Crippen LogP contribution in [0.4, 0.5) is 0 Å². The Bertz CT molecular complexity index is 520.